The van der Waals surface area contributed by atoms with E-state index in [-0.39, 0.29) is 0 Å². The molecule has 0 spiro atoms. The molecule has 0 unspecified atom stereocenters. The summed E-state index contributed by atoms with van der Waals surface area (Å²) < 4.78 is 39.9. The molecule has 8 nitrogen and oxygen atoms in total. The van der Waals surface area contributed by atoms with Gasteiger partial charge in [0.25, 0.3) is 5.91 Å². The fraction of sp³-hybridized carbons (Fsp3) is 0.167. The minimum Gasteiger partial charge on any atom is -0.345 e. The smallest absolute Gasteiger partial charge is 0.325 e. The van der Waals surface area contributed by atoms with Gasteiger partial charge in [-0.3, -0.25) is 19.3 Å². The average Bonchev–Trinajstić information content (AvgIpc) is 3.06. The Morgan fingerprint density at radius 3 is 2.40 bits per heavy atom. The van der Waals surface area contributed by atoms with E-state index >= 15 is 0 Å². The number of nitrogens with zero attached hydrogens (tertiary/aromatic N) is 1. The summed E-state index contributed by atoms with van der Waals surface area (Å²) in [5.74, 6) is -7.17. The zero-order valence-electron chi connectivity index (χ0n) is 18.3. The topological polar surface area (TPSA) is 108 Å². The lowest BCUT2D eigenvalue weighted by atomic mass is 9.90. The van der Waals surface area contributed by atoms with E-state index in [0.717, 1.165) is 21.7 Å². The first-order valence-electron chi connectivity index (χ1n) is 10.4. The van der Waals surface area contributed by atoms with Crippen LogP contribution < -0.4 is 16.0 Å². The molecule has 11 heteroatoms. The second kappa shape index (κ2) is 9.09. The highest BCUT2D eigenvalue weighted by Crippen LogP contribution is 2.31. The first kappa shape index (κ1) is 23.7. The standard InChI is InChI=1S/C24H19F3N4O4/c1-24(15-7-6-13-4-2-3-5-14(13)10-15)22(34)31(23(35)30-24)12-19(33)28-11-18(32)29-17-9-8-16(25)20(26)21(17)27/h2-10H,11-12H2,1H3,(H,28,33)(H,29,32)(H,30,35)/t24-/m1/s1. The van der Waals surface area contributed by atoms with Crippen LogP contribution in [0.25, 0.3) is 10.8 Å². The number of hydrogen-bond donors (Lipinski definition) is 3. The highest BCUT2D eigenvalue weighted by atomic mass is 19.2. The number of nitrogens with one attached hydrogen (secondary N) is 3. The fourth-order valence-corrected chi connectivity index (χ4v) is 3.73. The van der Waals surface area contributed by atoms with Gasteiger partial charge in [0.1, 0.15) is 12.1 Å². The molecular formula is C24H19F3N4O4. The Kier molecular flexibility index (Phi) is 6.16. The van der Waals surface area contributed by atoms with Crippen molar-refractivity contribution in [1.82, 2.24) is 15.5 Å². The number of anilines is 1. The van der Waals surface area contributed by atoms with E-state index in [0.29, 0.717) is 11.6 Å². The van der Waals surface area contributed by atoms with Gasteiger partial charge in [-0.25, -0.2) is 18.0 Å². The van der Waals surface area contributed by atoms with Crippen LogP contribution in [0.4, 0.5) is 23.7 Å². The molecule has 0 saturated carbocycles. The van der Waals surface area contributed by atoms with Crippen molar-refractivity contribution in [1.29, 1.82) is 0 Å². The van der Waals surface area contributed by atoms with Crippen molar-refractivity contribution in [2.75, 3.05) is 18.4 Å². The third-order valence-corrected chi connectivity index (χ3v) is 5.66. The third kappa shape index (κ3) is 4.52. The molecular weight excluding hydrogens is 465 g/mol. The number of hydrogen-bond acceptors (Lipinski definition) is 4. The molecule has 3 aromatic carbocycles. The number of halogens is 3. The molecule has 0 aliphatic carbocycles. The van der Waals surface area contributed by atoms with Crippen LogP contribution in [0.3, 0.4) is 0 Å². The molecule has 1 fully saturated rings. The molecule has 1 heterocycles. The first-order valence-corrected chi connectivity index (χ1v) is 10.4. The molecule has 1 aliphatic rings. The first-order chi connectivity index (χ1) is 16.6. The second-order valence-corrected chi connectivity index (χ2v) is 8.06. The van der Waals surface area contributed by atoms with Gasteiger partial charge in [0.05, 0.1) is 12.2 Å². The molecule has 0 aromatic heterocycles. The molecule has 1 atom stereocenters. The Hall–Kier alpha value is -4.41. The number of benzene rings is 3. The highest BCUT2D eigenvalue weighted by molar-refractivity contribution is 6.09. The van der Waals surface area contributed by atoms with Gasteiger partial charge >= 0.3 is 6.03 Å². The monoisotopic (exact) mass is 484 g/mol. The van der Waals surface area contributed by atoms with E-state index in [1.165, 1.54) is 6.92 Å². The normalized spacial score (nSPS) is 17.4. The summed E-state index contributed by atoms with van der Waals surface area (Å²) >= 11 is 0. The van der Waals surface area contributed by atoms with E-state index < -0.39 is 65.5 Å². The number of rotatable bonds is 6. The zero-order valence-corrected chi connectivity index (χ0v) is 18.3. The third-order valence-electron chi connectivity index (χ3n) is 5.66. The summed E-state index contributed by atoms with van der Waals surface area (Å²) in [6.07, 6.45) is 0. The van der Waals surface area contributed by atoms with Gasteiger partial charge in [0.15, 0.2) is 17.5 Å². The minimum absolute atomic E-state index is 0.533. The summed E-state index contributed by atoms with van der Waals surface area (Å²) in [5.41, 5.74) is -1.48. The number of amides is 5. The maximum atomic E-state index is 13.7. The van der Waals surface area contributed by atoms with E-state index in [4.69, 9.17) is 0 Å². The predicted molar refractivity (Wildman–Crippen MR) is 120 cm³/mol. The second-order valence-electron chi connectivity index (χ2n) is 8.06. The number of carbonyl (C=O) groups is 4. The van der Waals surface area contributed by atoms with Crippen molar-refractivity contribution in [3.8, 4) is 0 Å². The van der Waals surface area contributed by atoms with Gasteiger partial charge in [0.2, 0.25) is 11.8 Å². The van der Waals surface area contributed by atoms with Crippen LogP contribution in [-0.4, -0.2) is 41.7 Å². The Morgan fingerprint density at radius 2 is 1.66 bits per heavy atom. The van der Waals surface area contributed by atoms with Crippen LogP contribution in [0.15, 0.2) is 54.6 Å². The quantitative estimate of drug-likeness (QED) is 0.369. The van der Waals surface area contributed by atoms with Gasteiger partial charge < -0.3 is 16.0 Å². The summed E-state index contributed by atoms with van der Waals surface area (Å²) in [6, 6.07) is 13.5. The number of imide groups is 1. The van der Waals surface area contributed by atoms with Crippen molar-refractivity contribution in [3.05, 3.63) is 77.6 Å². The van der Waals surface area contributed by atoms with Crippen LogP contribution in [0.2, 0.25) is 0 Å². The van der Waals surface area contributed by atoms with Crippen LogP contribution in [-0.2, 0) is 19.9 Å². The maximum absolute atomic E-state index is 13.7. The van der Waals surface area contributed by atoms with Gasteiger partial charge in [0, 0.05) is 0 Å². The van der Waals surface area contributed by atoms with Crippen LogP contribution in [0, 0.1) is 17.5 Å². The van der Waals surface area contributed by atoms with Crippen molar-refractivity contribution in [2.45, 2.75) is 12.5 Å². The molecule has 35 heavy (non-hydrogen) atoms. The van der Waals surface area contributed by atoms with Crippen molar-refractivity contribution >= 4 is 40.2 Å². The Balaban J connectivity index is 1.38. The molecule has 0 bridgehead atoms. The molecule has 3 N–H and O–H groups in total. The van der Waals surface area contributed by atoms with Gasteiger partial charge in [-0.15, -0.1) is 0 Å². The summed E-state index contributed by atoms with van der Waals surface area (Å²) in [7, 11) is 0. The number of carbonyl (C=O) groups excluding carboxylic acids is 4. The Labute approximate surface area is 197 Å². The molecule has 1 saturated heterocycles. The lowest BCUT2D eigenvalue weighted by Gasteiger charge is -2.22. The SMILES string of the molecule is C[C@]1(c2ccc3ccccc3c2)NC(=O)N(CC(=O)NCC(=O)Nc2ccc(F)c(F)c2F)C1=O. The minimum atomic E-state index is -1.75. The molecule has 5 amide bonds. The Bertz CT molecular complexity index is 1380. The molecule has 1 aliphatic heterocycles. The van der Waals surface area contributed by atoms with Crippen LogP contribution in [0.1, 0.15) is 12.5 Å². The van der Waals surface area contributed by atoms with Crippen LogP contribution in [0.5, 0.6) is 0 Å². The van der Waals surface area contributed by atoms with Gasteiger partial charge in [-0.05, 0) is 41.5 Å². The fourth-order valence-electron chi connectivity index (χ4n) is 3.73. The van der Waals surface area contributed by atoms with E-state index in [9.17, 15) is 32.3 Å². The van der Waals surface area contributed by atoms with E-state index in [1.54, 1.807) is 12.1 Å². The average molecular weight is 484 g/mol. The van der Waals surface area contributed by atoms with E-state index in [2.05, 4.69) is 10.6 Å². The zero-order chi connectivity index (χ0) is 25.3. The molecule has 0 radical (unpaired) electrons. The van der Waals surface area contributed by atoms with Crippen molar-refractivity contribution in [2.24, 2.45) is 0 Å². The summed E-state index contributed by atoms with van der Waals surface area (Å²) in [5, 5.41) is 8.61. The predicted octanol–water partition coefficient (Wildman–Crippen LogP) is 2.78. The maximum Gasteiger partial charge on any atom is 0.325 e. The Morgan fingerprint density at radius 1 is 0.943 bits per heavy atom. The van der Waals surface area contributed by atoms with E-state index in [1.807, 2.05) is 35.6 Å². The van der Waals surface area contributed by atoms with Gasteiger partial charge in [-0.2, -0.15) is 0 Å². The lowest BCUT2D eigenvalue weighted by Crippen LogP contribution is -2.44. The van der Waals surface area contributed by atoms with Crippen molar-refractivity contribution in [3.63, 3.8) is 0 Å². The van der Waals surface area contributed by atoms with Crippen LogP contribution >= 0.6 is 0 Å². The van der Waals surface area contributed by atoms with Crippen molar-refractivity contribution < 1.29 is 32.3 Å². The number of urea groups is 1. The molecule has 180 valence electrons. The summed E-state index contributed by atoms with van der Waals surface area (Å²) in [6.45, 7) is 0.197. The molecule has 4 rings (SSSR count). The summed E-state index contributed by atoms with van der Waals surface area (Å²) in [4.78, 5) is 50.5. The largest absolute Gasteiger partial charge is 0.345 e. The molecule has 3 aromatic rings. The highest BCUT2D eigenvalue weighted by Gasteiger charge is 2.49. The van der Waals surface area contributed by atoms with Gasteiger partial charge in [-0.1, -0.05) is 36.4 Å². The lowest BCUT2D eigenvalue weighted by molar-refractivity contribution is -0.135. The number of fused-ring (bicyclic) bond motifs is 1.